The molecule has 0 aliphatic carbocycles. The normalized spacial score (nSPS) is 16.2. The van der Waals surface area contributed by atoms with E-state index in [9.17, 15) is 4.79 Å². The van der Waals surface area contributed by atoms with Gasteiger partial charge in [-0.15, -0.1) is 0 Å². The van der Waals surface area contributed by atoms with Gasteiger partial charge >= 0.3 is 5.97 Å². The Hall–Kier alpha value is -0.610. The SMILES string of the molecule is COC(=O)C(O)C(N)C(C)C. The van der Waals surface area contributed by atoms with Crippen LogP contribution in [0.15, 0.2) is 0 Å². The summed E-state index contributed by atoms with van der Waals surface area (Å²) in [7, 11) is 1.22. The maximum absolute atomic E-state index is 10.7. The van der Waals surface area contributed by atoms with Crippen LogP contribution in [0.25, 0.3) is 0 Å². The summed E-state index contributed by atoms with van der Waals surface area (Å²) in [5.41, 5.74) is 5.49. The predicted octanol–water partition coefficient (Wildman–Crippen LogP) is -0.496. The van der Waals surface area contributed by atoms with Crippen molar-refractivity contribution in [2.24, 2.45) is 11.7 Å². The highest BCUT2D eigenvalue weighted by atomic mass is 16.5. The molecule has 0 saturated heterocycles. The topological polar surface area (TPSA) is 72.5 Å². The van der Waals surface area contributed by atoms with Gasteiger partial charge in [-0.05, 0) is 5.92 Å². The van der Waals surface area contributed by atoms with Crippen LogP contribution in [-0.4, -0.2) is 30.3 Å². The molecule has 0 heterocycles. The second-order valence-corrected chi connectivity index (χ2v) is 2.79. The van der Waals surface area contributed by atoms with Gasteiger partial charge in [-0.3, -0.25) is 0 Å². The number of hydrogen-bond acceptors (Lipinski definition) is 4. The van der Waals surface area contributed by atoms with Gasteiger partial charge in [0, 0.05) is 6.04 Å². The molecule has 0 aromatic carbocycles. The highest BCUT2D eigenvalue weighted by Gasteiger charge is 2.25. The van der Waals surface area contributed by atoms with Crippen molar-refractivity contribution in [3.63, 3.8) is 0 Å². The number of esters is 1. The average Bonchev–Trinajstić information content (AvgIpc) is 2.00. The summed E-state index contributed by atoms with van der Waals surface area (Å²) < 4.78 is 4.31. The molecule has 0 fully saturated rings. The molecule has 3 N–H and O–H groups in total. The molecule has 2 atom stereocenters. The van der Waals surface area contributed by atoms with Gasteiger partial charge in [-0.25, -0.2) is 4.79 Å². The van der Waals surface area contributed by atoms with Crippen LogP contribution in [-0.2, 0) is 9.53 Å². The van der Waals surface area contributed by atoms with Crippen LogP contribution in [0.1, 0.15) is 13.8 Å². The van der Waals surface area contributed by atoms with Gasteiger partial charge in [0.25, 0.3) is 0 Å². The molecule has 66 valence electrons. The number of ether oxygens (including phenoxy) is 1. The van der Waals surface area contributed by atoms with Gasteiger partial charge in [-0.2, -0.15) is 0 Å². The molecule has 0 amide bonds. The zero-order chi connectivity index (χ0) is 9.02. The Bertz CT molecular complexity index is 136. The lowest BCUT2D eigenvalue weighted by molar-refractivity contribution is -0.152. The highest BCUT2D eigenvalue weighted by Crippen LogP contribution is 2.04. The van der Waals surface area contributed by atoms with Crippen LogP contribution in [0.5, 0.6) is 0 Å². The first kappa shape index (κ1) is 10.4. The third kappa shape index (κ3) is 2.86. The minimum Gasteiger partial charge on any atom is -0.467 e. The molecule has 0 bridgehead atoms. The summed E-state index contributed by atoms with van der Waals surface area (Å²) in [4.78, 5) is 10.7. The van der Waals surface area contributed by atoms with Crippen molar-refractivity contribution in [1.82, 2.24) is 0 Å². The van der Waals surface area contributed by atoms with Gasteiger partial charge in [0.05, 0.1) is 7.11 Å². The first-order valence-corrected chi connectivity index (χ1v) is 3.52. The van der Waals surface area contributed by atoms with Crippen LogP contribution in [0.4, 0.5) is 0 Å². The van der Waals surface area contributed by atoms with E-state index in [1.807, 2.05) is 13.8 Å². The zero-order valence-electron chi connectivity index (χ0n) is 7.07. The van der Waals surface area contributed by atoms with Crippen molar-refractivity contribution in [1.29, 1.82) is 0 Å². The van der Waals surface area contributed by atoms with E-state index in [0.29, 0.717) is 0 Å². The Balaban J connectivity index is 4.01. The van der Waals surface area contributed by atoms with Crippen molar-refractivity contribution in [2.45, 2.75) is 26.0 Å². The largest absolute Gasteiger partial charge is 0.467 e. The van der Waals surface area contributed by atoms with E-state index in [4.69, 9.17) is 10.8 Å². The minimum atomic E-state index is -1.21. The van der Waals surface area contributed by atoms with E-state index in [0.717, 1.165) is 0 Å². The van der Waals surface area contributed by atoms with Crippen LogP contribution in [0.2, 0.25) is 0 Å². The van der Waals surface area contributed by atoms with E-state index in [1.165, 1.54) is 7.11 Å². The summed E-state index contributed by atoms with van der Waals surface area (Å²) in [6.45, 7) is 3.66. The van der Waals surface area contributed by atoms with Crippen LogP contribution < -0.4 is 5.73 Å². The monoisotopic (exact) mass is 161 g/mol. The van der Waals surface area contributed by atoms with Crippen LogP contribution >= 0.6 is 0 Å². The molecule has 0 aromatic heterocycles. The van der Waals surface area contributed by atoms with Gasteiger partial charge in [0.15, 0.2) is 6.10 Å². The molecule has 0 aliphatic heterocycles. The first-order valence-electron chi connectivity index (χ1n) is 3.52. The second kappa shape index (κ2) is 4.31. The minimum absolute atomic E-state index is 0.0594. The number of aliphatic hydroxyl groups is 1. The Morgan fingerprint density at radius 2 is 2.00 bits per heavy atom. The van der Waals surface area contributed by atoms with E-state index in [2.05, 4.69) is 4.74 Å². The smallest absolute Gasteiger partial charge is 0.336 e. The van der Waals surface area contributed by atoms with E-state index in [1.54, 1.807) is 0 Å². The molecule has 0 aromatic rings. The van der Waals surface area contributed by atoms with Gasteiger partial charge in [0.2, 0.25) is 0 Å². The standard InChI is InChI=1S/C7H15NO3/c1-4(2)5(8)6(9)7(10)11-3/h4-6,9H,8H2,1-3H3. The molecule has 4 nitrogen and oxygen atoms in total. The maximum atomic E-state index is 10.7. The molecular formula is C7H15NO3. The Morgan fingerprint density at radius 3 is 2.27 bits per heavy atom. The number of rotatable bonds is 3. The number of hydrogen-bond donors (Lipinski definition) is 2. The molecule has 2 unspecified atom stereocenters. The van der Waals surface area contributed by atoms with Crippen molar-refractivity contribution < 1.29 is 14.6 Å². The summed E-state index contributed by atoms with van der Waals surface area (Å²) in [5, 5.41) is 9.16. The Kier molecular flexibility index (Phi) is 4.07. The van der Waals surface area contributed by atoms with Crippen molar-refractivity contribution in [2.75, 3.05) is 7.11 Å². The average molecular weight is 161 g/mol. The molecule has 11 heavy (non-hydrogen) atoms. The highest BCUT2D eigenvalue weighted by molar-refractivity contribution is 5.75. The molecule has 0 spiro atoms. The lowest BCUT2D eigenvalue weighted by Crippen LogP contribution is -2.44. The number of aliphatic hydroxyl groups excluding tert-OH is 1. The fourth-order valence-electron chi connectivity index (χ4n) is 0.642. The number of carbonyl (C=O) groups excluding carboxylic acids is 1. The summed E-state index contributed by atoms with van der Waals surface area (Å²) in [6.07, 6.45) is -1.21. The molecule has 0 saturated carbocycles. The van der Waals surface area contributed by atoms with Gasteiger partial charge in [0.1, 0.15) is 0 Å². The second-order valence-electron chi connectivity index (χ2n) is 2.79. The summed E-state index contributed by atoms with van der Waals surface area (Å²) >= 11 is 0. The lowest BCUT2D eigenvalue weighted by atomic mass is 10.00. The zero-order valence-corrected chi connectivity index (χ0v) is 7.07. The van der Waals surface area contributed by atoms with Crippen LogP contribution in [0.3, 0.4) is 0 Å². The van der Waals surface area contributed by atoms with E-state index in [-0.39, 0.29) is 5.92 Å². The van der Waals surface area contributed by atoms with E-state index >= 15 is 0 Å². The quantitative estimate of drug-likeness (QED) is 0.547. The molecule has 0 radical (unpaired) electrons. The number of methoxy groups -OCH3 is 1. The lowest BCUT2D eigenvalue weighted by Gasteiger charge is -2.19. The molecule has 0 aliphatic rings. The van der Waals surface area contributed by atoms with Crippen molar-refractivity contribution in [3.8, 4) is 0 Å². The molecule has 4 heteroatoms. The molecule has 0 rings (SSSR count). The third-order valence-electron chi connectivity index (χ3n) is 1.58. The number of nitrogens with two attached hydrogens (primary N) is 1. The first-order chi connectivity index (χ1) is 5.00. The third-order valence-corrected chi connectivity index (χ3v) is 1.58. The van der Waals surface area contributed by atoms with Crippen molar-refractivity contribution >= 4 is 5.97 Å². The fraction of sp³-hybridized carbons (Fsp3) is 0.857. The fourth-order valence-corrected chi connectivity index (χ4v) is 0.642. The van der Waals surface area contributed by atoms with Crippen molar-refractivity contribution in [3.05, 3.63) is 0 Å². The van der Waals surface area contributed by atoms with Gasteiger partial charge < -0.3 is 15.6 Å². The maximum Gasteiger partial charge on any atom is 0.336 e. The molecular weight excluding hydrogens is 146 g/mol. The summed E-state index contributed by atoms with van der Waals surface area (Å²) in [5.74, 6) is -0.615. The predicted molar refractivity (Wildman–Crippen MR) is 40.8 cm³/mol. The summed E-state index contributed by atoms with van der Waals surface area (Å²) in [6, 6.07) is -0.553. The van der Waals surface area contributed by atoms with Gasteiger partial charge in [-0.1, -0.05) is 13.8 Å². The number of carbonyl (C=O) groups is 1. The Labute approximate surface area is 66.3 Å². The Morgan fingerprint density at radius 1 is 1.55 bits per heavy atom. The van der Waals surface area contributed by atoms with E-state index < -0.39 is 18.1 Å². The van der Waals surface area contributed by atoms with Crippen LogP contribution in [0, 0.1) is 5.92 Å².